The molecule has 0 saturated heterocycles. The standard InChI is InChI=1S/C15H19N3O4S/c1-10(2)15-16-7-11-8-18(6-5-13(11)17-15)9-12-3-4-14(22-12)23(19,20)21/h3-4,7,10H,5-6,8-9H2,1-2H3,(H,19,20,21)/p-1. The molecule has 0 fully saturated rings. The smallest absolute Gasteiger partial charge is 0.205 e. The van der Waals surface area contributed by atoms with Crippen LogP contribution >= 0.6 is 0 Å². The van der Waals surface area contributed by atoms with Crippen molar-refractivity contribution in [3.05, 3.63) is 41.2 Å². The lowest BCUT2D eigenvalue weighted by Crippen LogP contribution is -2.31. The summed E-state index contributed by atoms with van der Waals surface area (Å²) in [5.74, 6) is 1.62. The van der Waals surface area contributed by atoms with Gasteiger partial charge in [0.1, 0.15) is 11.6 Å². The number of fused-ring (bicyclic) bond motifs is 1. The largest absolute Gasteiger partial charge is 0.742 e. The number of furan rings is 1. The Kier molecular flexibility index (Phi) is 4.22. The molecule has 3 rings (SSSR count). The number of rotatable bonds is 4. The van der Waals surface area contributed by atoms with Gasteiger partial charge in [0.25, 0.3) is 0 Å². The van der Waals surface area contributed by atoms with Crippen LogP contribution in [-0.4, -0.2) is 34.4 Å². The predicted octanol–water partition coefficient (Wildman–Crippen LogP) is 1.66. The van der Waals surface area contributed by atoms with E-state index in [-0.39, 0.29) is 0 Å². The number of aromatic nitrogens is 2. The summed E-state index contributed by atoms with van der Waals surface area (Å²) >= 11 is 0. The molecule has 0 bridgehead atoms. The molecule has 0 radical (unpaired) electrons. The second kappa shape index (κ2) is 6.03. The quantitative estimate of drug-likeness (QED) is 0.783. The molecule has 8 heteroatoms. The summed E-state index contributed by atoms with van der Waals surface area (Å²) in [6.07, 6.45) is 2.67. The summed E-state index contributed by atoms with van der Waals surface area (Å²) in [7, 11) is -4.54. The van der Waals surface area contributed by atoms with Crippen molar-refractivity contribution >= 4 is 10.1 Å². The Hall–Kier alpha value is -1.77. The summed E-state index contributed by atoms with van der Waals surface area (Å²) in [5, 5.41) is -0.533. The molecule has 7 nitrogen and oxygen atoms in total. The van der Waals surface area contributed by atoms with Gasteiger partial charge in [-0.3, -0.25) is 4.90 Å². The van der Waals surface area contributed by atoms with Crippen molar-refractivity contribution in [2.24, 2.45) is 0 Å². The molecular formula is C15H18N3O4S-. The monoisotopic (exact) mass is 336 g/mol. The molecule has 1 aliphatic rings. The third kappa shape index (κ3) is 3.60. The highest BCUT2D eigenvalue weighted by Gasteiger charge is 2.20. The molecule has 0 spiro atoms. The van der Waals surface area contributed by atoms with E-state index in [0.29, 0.717) is 24.8 Å². The Balaban J connectivity index is 1.71. The van der Waals surface area contributed by atoms with Gasteiger partial charge in [0.05, 0.1) is 6.54 Å². The molecule has 0 unspecified atom stereocenters. The van der Waals surface area contributed by atoms with Crippen LogP contribution in [0.3, 0.4) is 0 Å². The zero-order valence-corrected chi connectivity index (χ0v) is 13.8. The van der Waals surface area contributed by atoms with E-state index in [4.69, 9.17) is 4.42 Å². The highest BCUT2D eigenvalue weighted by atomic mass is 32.2. The molecule has 0 atom stereocenters. The van der Waals surface area contributed by atoms with Gasteiger partial charge in [0.2, 0.25) is 5.09 Å². The maximum atomic E-state index is 10.9. The lowest BCUT2D eigenvalue weighted by molar-refractivity contribution is 0.216. The van der Waals surface area contributed by atoms with Crippen molar-refractivity contribution in [1.82, 2.24) is 14.9 Å². The normalized spacial score (nSPS) is 15.8. The molecule has 0 N–H and O–H groups in total. The minimum absolute atomic E-state index is 0.300. The molecule has 1 aliphatic heterocycles. The first-order valence-electron chi connectivity index (χ1n) is 7.44. The van der Waals surface area contributed by atoms with E-state index in [1.54, 1.807) is 0 Å². The summed E-state index contributed by atoms with van der Waals surface area (Å²) in [6.45, 7) is 6.04. The van der Waals surface area contributed by atoms with Gasteiger partial charge in [-0.1, -0.05) is 13.8 Å². The van der Waals surface area contributed by atoms with E-state index in [0.717, 1.165) is 30.0 Å². The van der Waals surface area contributed by atoms with Gasteiger partial charge >= 0.3 is 0 Å². The SMILES string of the molecule is CC(C)c1ncc2c(n1)CCN(Cc1ccc(S(=O)(=O)[O-])o1)C2. The summed E-state index contributed by atoms with van der Waals surface area (Å²) in [4.78, 5) is 11.1. The predicted molar refractivity (Wildman–Crippen MR) is 80.6 cm³/mol. The number of hydrogen-bond acceptors (Lipinski definition) is 7. The lowest BCUT2D eigenvalue weighted by Gasteiger charge is -2.27. The Morgan fingerprint density at radius 2 is 2.17 bits per heavy atom. The van der Waals surface area contributed by atoms with Crippen molar-refractivity contribution in [2.45, 2.75) is 44.4 Å². The Morgan fingerprint density at radius 1 is 1.39 bits per heavy atom. The van der Waals surface area contributed by atoms with Crippen LogP contribution in [0.2, 0.25) is 0 Å². The van der Waals surface area contributed by atoms with Crippen LogP contribution < -0.4 is 0 Å². The zero-order chi connectivity index (χ0) is 16.6. The van der Waals surface area contributed by atoms with Crippen LogP contribution in [-0.2, 0) is 29.6 Å². The van der Waals surface area contributed by atoms with Gasteiger partial charge in [0, 0.05) is 42.9 Å². The van der Waals surface area contributed by atoms with Gasteiger partial charge in [-0.25, -0.2) is 18.4 Å². The van der Waals surface area contributed by atoms with Gasteiger partial charge in [0.15, 0.2) is 10.1 Å². The maximum absolute atomic E-state index is 10.9. The molecule has 2 aromatic heterocycles. The van der Waals surface area contributed by atoms with E-state index in [1.807, 2.05) is 6.20 Å². The van der Waals surface area contributed by atoms with E-state index in [2.05, 4.69) is 28.7 Å². The fourth-order valence-electron chi connectivity index (χ4n) is 2.60. The van der Waals surface area contributed by atoms with Gasteiger partial charge in [-0.05, 0) is 12.1 Å². The van der Waals surface area contributed by atoms with E-state index in [1.165, 1.54) is 12.1 Å². The van der Waals surface area contributed by atoms with Crippen molar-refractivity contribution < 1.29 is 17.4 Å². The average Bonchev–Trinajstić information content (AvgIpc) is 2.95. The van der Waals surface area contributed by atoms with Crippen molar-refractivity contribution in [3.63, 3.8) is 0 Å². The summed E-state index contributed by atoms with van der Waals surface area (Å²) in [5.41, 5.74) is 2.14. The Morgan fingerprint density at radius 3 is 2.83 bits per heavy atom. The average molecular weight is 336 g/mol. The minimum atomic E-state index is -4.54. The van der Waals surface area contributed by atoms with Crippen LogP contribution in [0.15, 0.2) is 27.8 Å². The van der Waals surface area contributed by atoms with Crippen LogP contribution in [0, 0.1) is 0 Å². The van der Waals surface area contributed by atoms with E-state index >= 15 is 0 Å². The van der Waals surface area contributed by atoms with Crippen LogP contribution in [0.4, 0.5) is 0 Å². The first-order valence-corrected chi connectivity index (χ1v) is 8.85. The van der Waals surface area contributed by atoms with Crippen LogP contribution in [0.1, 0.15) is 42.6 Å². The van der Waals surface area contributed by atoms with Crippen molar-refractivity contribution in [3.8, 4) is 0 Å². The van der Waals surface area contributed by atoms with E-state index in [9.17, 15) is 13.0 Å². The third-order valence-corrected chi connectivity index (χ3v) is 4.52. The van der Waals surface area contributed by atoms with Crippen molar-refractivity contribution in [1.29, 1.82) is 0 Å². The van der Waals surface area contributed by atoms with Gasteiger partial charge in [-0.2, -0.15) is 0 Å². The molecule has 0 aromatic carbocycles. The first-order chi connectivity index (χ1) is 10.8. The number of hydrogen-bond donors (Lipinski definition) is 0. The molecular weight excluding hydrogens is 318 g/mol. The van der Waals surface area contributed by atoms with Gasteiger partial charge < -0.3 is 8.97 Å². The molecule has 124 valence electrons. The second-order valence-corrected chi connectivity index (χ2v) is 7.30. The van der Waals surface area contributed by atoms with Crippen LogP contribution in [0.5, 0.6) is 0 Å². The third-order valence-electron chi connectivity index (χ3n) is 3.81. The lowest BCUT2D eigenvalue weighted by atomic mass is 10.1. The molecule has 0 saturated carbocycles. The summed E-state index contributed by atoms with van der Waals surface area (Å²) in [6, 6.07) is 2.73. The number of nitrogens with zero attached hydrogens (tertiary/aromatic N) is 3. The van der Waals surface area contributed by atoms with Gasteiger partial charge in [-0.15, -0.1) is 0 Å². The fraction of sp³-hybridized carbons (Fsp3) is 0.467. The topological polar surface area (TPSA) is 99.4 Å². The van der Waals surface area contributed by atoms with Crippen molar-refractivity contribution in [2.75, 3.05) is 6.54 Å². The summed E-state index contributed by atoms with van der Waals surface area (Å²) < 4.78 is 37.8. The highest BCUT2D eigenvalue weighted by molar-refractivity contribution is 7.85. The molecule has 3 heterocycles. The maximum Gasteiger partial charge on any atom is 0.205 e. The minimum Gasteiger partial charge on any atom is -0.742 e. The van der Waals surface area contributed by atoms with Crippen LogP contribution in [0.25, 0.3) is 0 Å². The second-order valence-electron chi connectivity index (χ2n) is 5.99. The molecule has 0 amide bonds. The van der Waals surface area contributed by atoms with E-state index < -0.39 is 15.2 Å². The Bertz CT molecular complexity index is 814. The highest BCUT2D eigenvalue weighted by Crippen LogP contribution is 2.22. The molecule has 0 aliphatic carbocycles. The first kappa shape index (κ1) is 16.1. The molecule has 23 heavy (non-hydrogen) atoms. The molecule has 2 aromatic rings. The zero-order valence-electron chi connectivity index (χ0n) is 13.0. The Labute approximate surface area is 135 Å². The fourth-order valence-corrected chi connectivity index (χ4v) is 3.04.